The second kappa shape index (κ2) is 9.37. The number of terminal acetylenes is 1. The summed E-state index contributed by atoms with van der Waals surface area (Å²) in [5.41, 5.74) is 1.89. The molecule has 1 aliphatic rings. The SMILES string of the molecule is C#Cc1cccc(NC(=O)CNC(=O)CCCN2C(=O)c3ccc(Br)cc3C2=O)c1. The molecule has 0 atom stereocenters. The van der Waals surface area contributed by atoms with Crippen molar-refractivity contribution in [3.05, 3.63) is 63.6 Å². The molecule has 0 radical (unpaired) electrons. The van der Waals surface area contributed by atoms with Gasteiger partial charge in [0.1, 0.15) is 0 Å². The highest BCUT2D eigenvalue weighted by Crippen LogP contribution is 2.26. The lowest BCUT2D eigenvalue weighted by Gasteiger charge is -2.13. The fourth-order valence-electron chi connectivity index (χ4n) is 3.02. The Hall–Kier alpha value is -3.44. The topological polar surface area (TPSA) is 95.6 Å². The zero-order valence-corrected chi connectivity index (χ0v) is 17.5. The molecule has 0 aliphatic carbocycles. The van der Waals surface area contributed by atoms with Crippen LogP contribution in [0.2, 0.25) is 0 Å². The summed E-state index contributed by atoms with van der Waals surface area (Å²) >= 11 is 3.28. The van der Waals surface area contributed by atoms with E-state index in [2.05, 4.69) is 32.5 Å². The average molecular weight is 468 g/mol. The molecule has 0 spiro atoms. The molecule has 0 saturated heterocycles. The van der Waals surface area contributed by atoms with Gasteiger partial charge in [0.05, 0.1) is 17.7 Å². The fraction of sp³-hybridized carbons (Fsp3) is 0.182. The molecule has 0 bridgehead atoms. The molecule has 8 heteroatoms. The number of carbonyl (C=O) groups is 4. The molecule has 0 fully saturated rings. The summed E-state index contributed by atoms with van der Waals surface area (Å²) in [6.07, 6.45) is 5.70. The Morgan fingerprint density at radius 1 is 1.03 bits per heavy atom. The minimum atomic E-state index is -0.386. The van der Waals surface area contributed by atoms with Gasteiger partial charge in [-0.25, -0.2) is 0 Å². The number of benzene rings is 2. The number of hydrogen-bond acceptors (Lipinski definition) is 4. The number of carbonyl (C=O) groups excluding carboxylic acids is 4. The standard InChI is InChI=1S/C22H18BrN3O4/c1-2-14-5-3-6-16(11-14)25-20(28)13-24-19(27)7-4-10-26-21(29)17-9-8-15(23)12-18(17)22(26)30/h1,3,5-6,8-9,11-12H,4,7,10,13H2,(H,24,27)(H,25,28). The van der Waals surface area contributed by atoms with E-state index in [1.165, 1.54) is 0 Å². The summed E-state index contributed by atoms with van der Waals surface area (Å²) in [5.74, 6) is 1.01. The van der Waals surface area contributed by atoms with Crippen LogP contribution in [0.5, 0.6) is 0 Å². The van der Waals surface area contributed by atoms with Gasteiger partial charge < -0.3 is 10.6 Å². The Morgan fingerprint density at radius 3 is 2.57 bits per heavy atom. The maximum Gasteiger partial charge on any atom is 0.261 e. The van der Waals surface area contributed by atoms with E-state index < -0.39 is 0 Å². The third-order valence-corrected chi connectivity index (χ3v) is 4.97. The minimum absolute atomic E-state index is 0.0803. The van der Waals surface area contributed by atoms with E-state index in [0.717, 1.165) is 4.90 Å². The van der Waals surface area contributed by atoms with Gasteiger partial charge in [-0.1, -0.05) is 27.9 Å². The van der Waals surface area contributed by atoms with Crippen LogP contribution in [0.15, 0.2) is 46.9 Å². The molecule has 1 heterocycles. The number of nitrogens with one attached hydrogen (secondary N) is 2. The zero-order chi connectivity index (χ0) is 21.7. The van der Waals surface area contributed by atoms with Gasteiger partial charge in [0.25, 0.3) is 11.8 Å². The van der Waals surface area contributed by atoms with Gasteiger partial charge in [0.2, 0.25) is 11.8 Å². The van der Waals surface area contributed by atoms with Crippen LogP contribution in [0.3, 0.4) is 0 Å². The minimum Gasteiger partial charge on any atom is -0.347 e. The van der Waals surface area contributed by atoms with E-state index in [0.29, 0.717) is 33.3 Å². The molecule has 0 saturated carbocycles. The highest BCUT2D eigenvalue weighted by molar-refractivity contribution is 9.10. The van der Waals surface area contributed by atoms with Crippen LogP contribution >= 0.6 is 15.9 Å². The average Bonchev–Trinajstić information content (AvgIpc) is 2.96. The first kappa shape index (κ1) is 21.3. The van der Waals surface area contributed by atoms with E-state index in [1.54, 1.807) is 42.5 Å². The van der Waals surface area contributed by atoms with E-state index in [-0.39, 0.29) is 43.1 Å². The van der Waals surface area contributed by atoms with Crippen LogP contribution < -0.4 is 10.6 Å². The molecule has 3 rings (SSSR count). The van der Waals surface area contributed by atoms with Crippen LogP contribution in [-0.4, -0.2) is 41.6 Å². The van der Waals surface area contributed by atoms with E-state index >= 15 is 0 Å². The van der Waals surface area contributed by atoms with Crippen molar-refractivity contribution in [2.24, 2.45) is 0 Å². The number of halogens is 1. The quantitative estimate of drug-likeness (QED) is 0.483. The van der Waals surface area contributed by atoms with E-state index in [1.807, 2.05) is 0 Å². The number of imide groups is 1. The summed E-state index contributed by atoms with van der Waals surface area (Å²) in [6, 6.07) is 11.7. The Morgan fingerprint density at radius 2 is 1.80 bits per heavy atom. The Kier molecular flexibility index (Phi) is 6.65. The summed E-state index contributed by atoms with van der Waals surface area (Å²) < 4.78 is 0.716. The second-order valence-corrected chi connectivity index (χ2v) is 7.52. The smallest absolute Gasteiger partial charge is 0.261 e. The number of nitrogens with zero attached hydrogens (tertiary/aromatic N) is 1. The number of anilines is 1. The summed E-state index contributed by atoms with van der Waals surface area (Å²) in [5, 5.41) is 5.17. The van der Waals surface area contributed by atoms with Gasteiger partial charge in [0, 0.05) is 28.7 Å². The van der Waals surface area contributed by atoms with Crippen molar-refractivity contribution in [1.29, 1.82) is 0 Å². The lowest BCUT2D eigenvalue weighted by Crippen LogP contribution is -2.34. The lowest BCUT2D eigenvalue weighted by atomic mass is 10.1. The highest BCUT2D eigenvalue weighted by atomic mass is 79.9. The number of rotatable bonds is 7. The van der Waals surface area contributed by atoms with Crippen molar-refractivity contribution >= 4 is 45.2 Å². The van der Waals surface area contributed by atoms with E-state index in [9.17, 15) is 19.2 Å². The molecule has 1 aliphatic heterocycles. The molecule has 2 N–H and O–H groups in total. The monoisotopic (exact) mass is 467 g/mol. The molecule has 30 heavy (non-hydrogen) atoms. The third kappa shape index (κ3) is 4.93. The van der Waals surface area contributed by atoms with Crippen molar-refractivity contribution in [3.63, 3.8) is 0 Å². The van der Waals surface area contributed by atoms with Crippen molar-refractivity contribution in [2.75, 3.05) is 18.4 Å². The van der Waals surface area contributed by atoms with Gasteiger partial charge in [-0.3, -0.25) is 24.1 Å². The summed E-state index contributed by atoms with van der Waals surface area (Å²) in [6.45, 7) is -0.0668. The van der Waals surface area contributed by atoms with Crippen LogP contribution in [0.4, 0.5) is 5.69 Å². The van der Waals surface area contributed by atoms with Crippen molar-refractivity contribution < 1.29 is 19.2 Å². The van der Waals surface area contributed by atoms with Crippen LogP contribution in [0, 0.1) is 12.3 Å². The molecular formula is C22H18BrN3O4. The molecule has 2 aromatic rings. The largest absolute Gasteiger partial charge is 0.347 e. The molecule has 2 aromatic carbocycles. The molecule has 0 aromatic heterocycles. The first-order valence-electron chi connectivity index (χ1n) is 9.18. The summed E-state index contributed by atoms with van der Waals surface area (Å²) in [4.78, 5) is 49.8. The van der Waals surface area contributed by atoms with Crippen molar-refractivity contribution in [1.82, 2.24) is 10.2 Å². The fourth-order valence-corrected chi connectivity index (χ4v) is 3.38. The first-order valence-corrected chi connectivity index (χ1v) is 9.97. The van der Waals surface area contributed by atoms with Gasteiger partial charge in [-0.2, -0.15) is 0 Å². The van der Waals surface area contributed by atoms with Crippen LogP contribution in [0.25, 0.3) is 0 Å². The van der Waals surface area contributed by atoms with Gasteiger partial charge in [0.15, 0.2) is 0 Å². The van der Waals surface area contributed by atoms with Gasteiger partial charge in [-0.15, -0.1) is 6.42 Å². The number of hydrogen-bond donors (Lipinski definition) is 2. The zero-order valence-electron chi connectivity index (χ0n) is 15.9. The van der Waals surface area contributed by atoms with Gasteiger partial charge in [-0.05, 0) is 42.8 Å². The second-order valence-electron chi connectivity index (χ2n) is 6.61. The maximum atomic E-state index is 12.4. The normalized spacial score (nSPS) is 12.3. The molecule has 4 amide bonds. The van der Waals surface area contributed by atoms with Crippen molar-refractivity contribution in [2.45, 2.75) is 12.8 Å². The highest BCUT2D eigenvalue weighted by Gasteiger charge is 2.35. The first-order chi connectivity index (χ1) is 14.4. The Bertz CT molecular complexity index is 1070. The number of fused-ring (bicyclic) bond motifs is 1. The van der Waals surface area contributed by atoms with E-state index in [4.69, 9.17) is 6.42 Å². The van der Waals surface area contributed by atoms with Crippen LogP contribution in [-0.2, 0) is 9.59 Å². The van der Waals surface area contributed by atoms with Gasteiger partial charge >= 0.3 is 0 Å². The molecular weight excluding hydrogens is 450 g/mol. The summed E-state index contributed by atoms with van der Waals surface area (Å²) in [7, 11) is 0. The number of amides is 4. The molecule has 0 unspecified atom stereocenters. The van der Waals surface area contributed by atoms with Crippen molar-refractivity contribution in [3.8, 4) is 12.3 Å². The Labute approximate surface area is 182 Å². The predicted molar refractivity (Wildman–Crippen MR) is 115 cm³/mol. The predicted octanol–water partition coefficient (Wildman–Crippen LogP) is 2.56. The van der Waals surface area contributed by atoms with Crippen LogP contribution in [0.1, 0.15) is 39.1 Å². The molecule has 7 nitrogen and oxygen atoms in total. The Balaban J connectivity index is 1.42. The third-order valence-electron chi connectivity index (χ3n) is 4.48. The maximum absolute atomic E-state index is 12.4. The lowest BCUT2D eigenvalue weighted by molar-refractivity contribution is -0.124. The molecule has 152 valence electrons.